The molecule has 2 aliphatic heterocycles. The molecule has 1 atom stereocenters. The molecule has 2 fully saturated rings. The van der Waals surface area contributed by atoms with Gasteiger partial charge in [-0.05, 0) is 37.1 Å². The van der Waals surface area contributed by atoms with Crippen LogP contribution >= 0.6 is 0 Å². The number of pyridine rings is 1. The predicted molar refractivity (Wildman–Crippen MR) is 108 cm³/mol. The second kappa shape index (κ2) is 8.59. The lowest BCUT2D eigenvalue weighted by molar-refractivity contribution is -0.137. The molecule has 6 nitrogen and oxygen atoms in total. The van der Waals surface area contributed by atoms with Gasteiger partial charge in [0.05, 0.1) is 12.1 Å². The summed E-state index contributed by atoms with van der Waals surface area (Å²) in [6.07, 6.45) is 2.87. The van der Waals surface area contributed by atoms with Gasteiger partial charge in [-0.15, -0.1) is 0 Å². The third kappa shape index (κ3) is 4.39. The monoisotopic (exact) mass is 396 g/mol. The molecule has 2 amide bonds. The first-order valence-electron chi connectivity index (χ1n) is 10.1. The van der Waals surface area contributed by atoms with Gasteiger partial charge in [0.15, 0.2) is 0 Å². The quantitative estimate of drug-likeness (QED) is 0.800. The van der Waals surface area contributed by atoms with Crippen LogP contribution in [0, 0.1) is 11.7 Å². The maximum atomic E-state index is 13.1. The SMILES string of the molecule is O=C(c1ccccc1)N1CCCC(C(=O)N2CCN(c3ccc(F)cn3)CC2)C1. The number of likely N-dealkylation sites (tertiary alicyclic amines) is 1. The molecule has 3 heterocycles. The van der Waals surface area contributed by atoms with Gasteiger partial charge in [-0.3, -0.25) is 9.59 Å². The van der Waals surface area contributed by atoms with Gasteiger partial charge in [0.1, 0.15) is 11.6 Å². The smallest absolute Gasteiger partial charge is 0.253 e. The molecule has 0 radical (unpaired) electrons. The average molecular weight is 396 g/mol. The molecule has 0 bridgehead atoms. The summed E-state index contributed by atoms with van der Waals surface area (Å²) in [4.78, 5) is 35.7. The summed E-state index contributed by atoms with van der Waals surface area (Å²) in [7, 11) is 0. The van der Waals surface area contributed by atoms with Crippen LogP contribution in [0.1, 0.15) is 23.2 Å². The number of hydrogen-bond acceptors (Lipinski definition) is 4. The molecule has 0 N–H and O–H groups in total. The van der Waals surface area contributed by atoms with E-state index in [0.717, 1.165) is 18.7 Å². The van der Waals surface area contributed by atoms with E-state index in [1.807, 2.05) is 35.2 Å². The van der Waals surface area contributed by atoms with E-state index in [4.69, 9.17) is 0 Å². The zero-order chi connectivity index (χ0) is 20.2. The van der Waals surface area contributed by atoms with Gasteiger partial charge < -0.3 is 14.7 Å². The van der Waals surface area contributed by atoms with Gasteiger partial charge in [-0.1, -0.05) is 18.2 Å². The Morgan fingerprint density at radius 1 is 0.931 bits per heavy atom. The third-order valence-corrected chi connectivity index (χ3v) is 5.71. The van der Waals surface area contributed by atoms with Crippen LogP contribution in [0.3, 0.4) is 0 Å². The zero-order valence-electron chi connectivity index (χ0n) is 16.3. The number of halogens is 1. The number of amides is 2. The van der Waals surface area contributed by atoms with E-state index in [1.165, 1.54) is 12.3 Å². The molecular weight excluding hydrogens is 371 g/mol. The van der Waals surface area contributed by atoms with Gasteiger partial charge in [0, 0.05) is 44.8 Å². The molecule has 1 aromatic carbocycles. The van der Waals surface area contributed by atoms with Crippen LogP contribution in [0.2, 0.25) is 0 Å². The largest absolute Gasteiger partial charge is 0.353 e. The lowest BCUT2D eigenvalue weighted by atomic mass is 9.95. The van der Waals surface area contributed by atoms with E-state index >= 15 is 0 Å². The summed E-state index contributed by atoms with van der Waals surface area (Å²) in [5.74, 6) is 0.356. The molecule has 29 heavy (non-hydrogen) atoms. The lowest BCUT2D eigenvalue weighted by Gasteiger charge is -2.39. The number of carbonyl (C=O) groups is 2. The first kappa shape index (κ1) is 19.4. The van der Waals surface area contributed by atoms with Crippen molar-refractivity contribution in [1.82, 2.24) is 14.8 Å². The summed E-state index contributed by atoms with van der Waals surface area (Å²) < 4.78 is 13.1. The number of aromatic nitrogens is 1. The van der Waals surface area contributed by atoms with Crippen molar-refractivity contribution in [1.29, 1.82) is 0 Å². The Kier molecular flexibility index (Phi) is 5.74. The van der Waals surface area contributed by atoms with Crippen molar-refractivity contribution in [2.24, 2.45) is 5.92 Å². The van der Waals surface area contributed by atoms with E-state index < -0.39 is 0 Å². The normalized spacial score (nSPS) is 19.9. The highest BCUT2D eigenvalue weighted by molar-refractivity contribution is 5.94. The molecular formula is C22H25FN4O2. The minimum atomic E-state index is -0.352. The average Bonchev–Trinajstić information content (AvgIpc) is 2.79. The van der Waals surface area contributed by atoms with Crippen LogP contribution in [0.5, 0.6) is 0 Å². The van der Waals surface area contributed by atoms with Crippen LogP contribution in [0.15, 0.2) is 48.7 Å². The van der Waals surface area contributed by atoms with Crippen molar-refractivity contribution in [2.75, 3.05) is 44.2 Å². The van der Waals surface area contributed by atoms with E-state index in [1.54, 1.807) is 11.0 Å². The van der Waals surface area contributed by atoms with Gasteiger partial charge >= 0.3 is 0 Å². The minimum absolute atomic E-state index is 0.00435. The number of nitrogens with zero attached hydrogens (tertiary/aromatic N) is 4. The van der Waals surface area contributed by atoms with Crippen molar-refractivity contribution in [3.8, 4) is 0 Å². The summed E-state index contributed by atoms with van der Waals surface area (Å²) in [6.45, 7) is 3.74. The molecule has 152 valence electrons. The molecule has 1 unspecified atom stereocenters. The highest BCUT2D eigenvalue weighted by atomic mass is 19.1. The van der Waals surface area contributed by atoms with E-state index in [2.05, 4.69) is 9.88 Å². The minimum Gasteiger partial charge on any atom is -0.353 e. The number of piperazine rings is 1. The highest BCUT2D eigenvalue weighted by Gasteiger charge is 2.33. The molecule has 2 aromatic rings. The number of benzene rings is 1. The Balaban J connectivity index is 1.33. The fourth-order valence-electron chi connectivity index (χ4n) is 4.10. The van der Waals surface area contributed by atoms with E-state index in [0.29, 0.717) is 44.8 Å². The van der Waals surface area contributed by atoms with Crippen LogP contribution < -0.4 is 4.90 Å². The van der Waals surface area contributed by atoms with Crippen LogP contribution in [0.25, 0.3) is 0 Å². The Hall–Kier alpha value is -2.96. The first-order chi connectivity index (χ1) is 14.1. The maximum Gasteiger partial charge on any atom is 0.253 e. The second-order valence-electron chi connectivity index (χ2n) is 7.60. The third-order valence-electron chi connectivity index (χ3n) is 5.71. The Morgan fingerprint density at radius 3 is 2.38 bits per heavy atom. The molecule has 0 saturated carbocycles. The van der Waals surface area contributed by atoms with Crippen LogP contribution in [0.4, 0.5) is 10.2 Å². The first-order valence-corrected chi connectivity index (χ1v) is 10.1. The van der Waals surface area contributed by atoms with Crippen molar-refractivity contribution in [3.05, 3.63) is 60.0 Å². The summed E-state index contributed by atoms with van der Waals surface area (Å²) in [6, 6.07) is 12.3. The summed E-state index contributed by atoms with van der Waals surface area (Å²) in [5, 5.41) is 0. The second-order valence-corrected chi connectivity index (χ2v) is 7.60. The molecule has 2 aliphatic rings. The van der Waals surface area contributed by atoms with Gasteiger partial charge in [0.2, 0.25) is 5.91 Å². The zero-order valence-corrected chi connectivity index (χ0v) is 16.3. The predicted octanol–water partition coefficient (Wildman–Crippen LogP) is 2.42. The fourth-order valence-corrected chi connectivity index (χ4v) is 4.10. The molecule has 4 rings (SSSR count). The van der Waals surface area contributed by atoms with Crippen LogP contribution in [-0.4, -0.2) is 65.9 Å². The summed E-state index contributed by atoms with van der Waals surface area (Å²) in [5.41, 5.74) is 0.668. The van der Waals surface area contributed by atoms with Gasteiger partial charge in [-0.25, -0.2) is 9.37 Å². The highest BCUT2D eigenvalue weighted by Crippen LogP contribution is 2.22. The number of anilines is 1. The van der Waals surface area contributed by atoms with Crippen molar-refractivity contribution >= 4 is 17.6 Å². The fraction of sp³-hybridized carbons (Fsp3) is 0.409. The standard InChI is InChI=1S/C22H25FN4O2/c23-19-8-9-20(24-15-19)25-11-13-26(14-12-25)22(29)18-7-4-10-27(16-18)21(28)17-5-2-1-3-6-17/h1-3,5-6,8-9,15,18H,4,7,10-14,16H2. The van der Waals surface area contributed by atoms with Gasteiger partial charge in [-0.2, -0.15) is 0 Å². The molecule has 0 spiro atoms. The molecule has 2 saturated heterocycles. The van der Waals surface area contributed by atoms with Crippen molar-refractivity contribution in [2.45, 2.75) is 12.8 Å². The number of piperidine rings is 1. The number of rotatable bonds is 3. The van der Waals surface area contributed by atoms with Crippen molar-refractivity contribution < 1.29 is 14.0 Å². The number of carbonyl (C=O) groups excluding carboxylic acids is 2. The Bertz CT molecular complexity index is 851. The maximum absolute atomic E-state index is 13.1. The molecule has 0 aliphatic carbocycles. The topological polar surface area (TPSA) is 56.8 Å². The lowest BCUT2D eigenvalue weighted by Crippen LogP contribution is -2.53. The Labute approximate surface area is 169 Å². The summed E-state index contributed by atoms with van der Waals surface area (Å²) >= 11 is 0. The Morgan fingerprint density at radius 2 is 1.69 bits per heavy atom. The van der Waals surface area contributed by atoms with E-state index in [9.17, 15) is 14.0 Å². The molecule has 1 aromatic heterocycles. The van der Waals surface area contributed by atoms with Crippen LogP contribution in [-0.2, 0) is 4.79 Å². The molecule has 7 heteroatoms. The van der Waals surface area contributed by atoms with Crippen molar-refractivity contribution in [3.63, 3.8) is 0 Å². The van der Waals surface area contributed by atoms with E-state index in [-0.39, 0.29) is 23.5 Å². The number of hydrogen-bond donors (Lipinski definition) is 0. The van der Waals surface area contributed by atoms with Gasteiger partial charge in [0.25, 0.3) is 5.91 Å².